The number of benzene rings is 1. The third-order valence-electron chi connectivity index (χ3n) is 4.34. The second-order valence-corrected chi connectivity index (χ2v) is 6.34. The first-order valence-corrected chi connectivity index (χ1v) is 7.65. The first-order valence-electron chi connectivity index (χ1n) is 6.86. The second kappa shape index (κ2) is 6.06. The number of ketones is 2. The zero-order valence-corrected chi connectivity index (χ0v) is 13.6. The molecule has 0 radical (unpaired) electrons. The molecule has 0 N–H and O–H groups in total. The summed E-state index contributed by atoms with van der Waals surface area (Å²) in [5.41, 5.74) is 0.217. The van der Waals surface area contributed by atoms with Crippen molar-refractivity contribution < 1.29 is 14.4 Å². The van der Waals surface area contributed by atoms with Gasteiger partial charge in [-0.05, 0) is 50.0 Å². The average Bonchev–Trinajstić information content (AvgIpc) is 2.46. The third kappa shape index (κ3) is 2.64. The maximum atomic E-state index is 12.3. The van der Waals surface area contributed by atoms with Gasteiger partial charge < -0.3 is 0 Å². The van der Waals surface area contributed by atoms with Crippen LogP contribution < -0.4 is 0 Å². The smallest absolute Gasteiger partial charge is 0.146 e. The number of carbonyl (C=O) groups excluding carboxylic acids is 3. The van der Waals surface area contributed by atoms with Crippen LogP contribution in [-0.4, -0.2) is 17.9 Å². The van der Waals surface area contributed by atoms with Crippen LogP contribution in [0.5, 0.6) is 0 Å². The topological polar surface area (TPSA) is 51.2 Å². The molecule has 0 aliphatic heterocycles. The van der Waals surface area contributed by atoms with Gasteiger partial charge in [-0.25, -0.2) is 0 Å². The van der Waals surface area contributed by atoms with E-state index < -0.39 is 11.3 Å². The normalized spacial score (nSPS) is 20.5. The molecule has 0 saturated heterocycles. The lowest BCUT2D eigenvalue weighted by atomic mass is 9.59. The van der Waals surface area contributed by atoms with Crippen molar-refractivity contribution in [1.82, 2.24) is 0 Å². The van der Waals surface area contributed by atoms with Crippen molar-refractivity contribution in [2.45, 2.75) is 32.6 Å². The second-order valence-electron chi connectivity index (χ2n) is 5.43. The molecule has 2 rings (SSSR count). The fraction of sp³-hybridized carbons (Fsp3) is 0.353. The zero-order chi connectivity index (χ0) is 15.6. The van der Waals surface area contributed by atoms with E-state index in [1.54, 1.807) is 0 Å². The Labute approximate surface area is 132 Å². The quantitative estimate of drug-likeness (QED) is 0.616. The van der Waals surface area contributed by atoms with E-state index in [4.69, 9.17) is 0 Å². The highest BCUT2D eigenvalue weighted by Crippen LogP contribution is 2.48. The van der Waals surface area contributed by atoms with Gasteiger partial charge in [-0.3, -0.25) is 14.4 Å². The van der Waals surface area contributed by atoms with Gasteiger partial charge in [-0.2, -0.15) is 0 Å². The van der Waals surface area contributed by atoms with Crippen LogP contribution >= 0.6 is 15.9 Å². The third-order valence-corrected chi connectivity index (χ3v) is 4.87. The largest absolute Gasteiger partial charge is 0.299 e. The lowest BCUT2D eigenvalue weighted by Crippen LogP contribution is -2.44. The molecule has 21 heavy (non-hydrogen) atoms. The van der Waals surface area contributed by atoms with Crippen molar-refractivity contribution in [2.75, 3.05) is 0 Å². The minimum Gasteiger partial charge on any atom is -0.299 e. The molecule has 0 aromatic heterocycles. The number of aldehydes is 1. The van der Waals surface area contributed by atoms with Gasteiger partial charge in [0.25, 0.3) is 0 Å². The monoisotopic (exact) mass is 348 g/mol. The Morgan fingerprint density at radius 1 is 1.19 bits per heavy atom. The van der Waals surface area contributed by atoms with E-state index in [0.29, 0.717) is 18.4 Å². The summed E-state index contributed by atoms with van der Waals surface area (Å²) >= 11 is 3.37. The van der Waals surface area contributed by atoms with Crippen molar-refractivity contribution in [3.05, 3.63) is 46.0 Å². The van der Waals surface area contributed by atoms with Crippen LogP contribution in [0.15, 0.2) is 40.4 Å². The number of halogens is 1. The summed E-state index contributed by atoms with van der Waals surface area (Å²) in [5.74, 6) is -0.836. The fourth-order valence-electron chi connectivity index (χ4n) is 3.27. The van der Waals surface area contributed by atoms with Crippen LogP contribution in [0.2, 0.25) is 0 Å². The maximum Gasteiger partial charge on any atom is 0.146 e. The molecule has 110 valence electrons. The predicted molar refractivity (Wildman–Crippen MR) is 84.1 cm³/mol. The SMILES string of the molecule is CC(=O)C1(C(C)=O)CCC=C(C=O)[C@H]1c1ccc(Br)cc1. The van der Waals surface area contributed by atoms with Gasteiger partial charge in [-0.1, -0.05) is 34.1 Å². The van der Waals surface area contributed by atoms with Gasteiger partial charge >= 0.3 is 0 Å². The molecule has 0 spiro atoms. The minimum absolute atomic E-state index is 0.171. The molecule has 0 saturated carbocycles. The van der Waals surface area contributed by atoms with Crippen LogP contribution in [0.4, 0.5) is 0 Å². The number of allylic oxidation sites excluding steroid dienone is 2. The molecule has 1 aliphatic rings. The van der Waals surface area contributed by atoms with E-state index in [1.165, 1.54) is 13.8 Å². The molecule has 1 aromatic rings. The van der Waals surface area contributed by atoms with Crippen LogP contribution in [0, 0.1) is 5.41 Å². The zero-order valence-electron chi connectivity index (χ0n) is 12.1. The van der Waals surface area contributed by atoms with E-state index in [0.717, 1.165) is 16.3 Å². The minimum atomic E-state index is -1.13. The molecule has 0 fully saturated rings. The number of hydrogen-bond donors (Lipinski definition) is 0. The van der Waals surface area contributed by atoms with Gasteiger partial charge in [0.15, 0.2) is 0 Å². The van der Waals surface area contributed by atoms with Gasteiger partial charge in [-0.15, -0.1) is 0 Å². The molecule has 1 aromatic carbocycles. The lowest BCUT2D eigenvalue weighted by molar-refractivity contribution is -0.140. The standard InChI is InChI=1S/C17H17BrO3/c1-11(20)17(12(2)21)9-3-4-14(10-19)16(17)13-5-7-15(18)8-6-13/h4-8,10,16H,3,9H2,1-2H3/t16-/m1/s1. The van der Waals surface area contributed by atoms with Crippen molar-refractivity contribution >= 4 is 33.8 Å². The van der Waals surface area contributed by atoms with Crippen molar-refractivity contribution in [2.24, 2.45) is 5.41 Å². The summed E-state index contributed by atoms with van der Waals surface area (Å²) < 4.78 is 0.912. The van der Waals surface area contributed by atoms with Crippen LogP contribution in [0.25, 0.3) is 0 Å². The van der Waals surface area contributed by atoms with Crippen molar-refractivity contribution in [1.29, 1.82) is 0 Å². The maximum absolute atomic E-state index is 12.3. The molecular weight excluding hydrogens is 332 g/mol. The molecular formula is C17H17BrO3. The Kier molecular flexibility index (Phi) is 4.57. The summed E-state index contributed by atoms with van der Waals surface area (Å²) in [7, 11) is 0. The summed E-state index contributed by atoms with van der Waals surface area (Å²) in [5, 5.41) is 0. The number of hydrogen-bond acceptors (Lipinski definition) is 3. The Hall–Kier alpha value is -1.55. The van der Waals surface area contributed by atoms with E-state index in [1.807, 2.05) is 30.3 Å². The van der Waals surface area contributed by atoms with Crippen molar-refractivity contribution in [3.63, 3.8) is 0 Å². The lowest BCUT2D eigenvalue weighted by Gasteiger charge is -2.40. The van der Waals surface area contributed by atoms with Crippen LogP contribution in [0.1, 0.15) is 38.2 Å². The van der Waals surface area contributed by atoms with Gasteiger partial charge in [0.1, 0.15) is 17.9 Å². The first-order chi connectivity index (χ1) is 9.93. The Balaban J connectivity index is 2.67. The molecule has 3 nitrogen and oxygen atoms in total. The highest BCUT2D eigenvalue weighted by Gasteiger charge is 2.50. The van der Waals surface area contributed by atoms with E-state index in [2.05, 4.69) is 15.9 Å². The molecule has 0 heterocycles. The van der Waals surface area contributed by atoms with Gasteiger partial charge in [0.2, 0.25) is 0 Å². The predicted octanol–water partition coefficient (Wildman–Crippen LogP) is 3.62. The Morgan fingerprint density at radius 2 is 1.76 bits per heavy atom. The summed E-state index contributed by atoms with van der Waals surface area (Å²) in [6.45, 7) is 2.89. The number of rotatable bonds is 4. The summed E-state index contributed by atoms with van der Waals surface area (Å²) in [6.07, 6.45) is 3.63. The highest BCUT2D eigenvalue weighted by atomic mass is 79.9. The van der Waals surface area contributed by atoms with E-state index >= 15 is 0 Å². The van der Waals surface area contributed by atoms with Gasteiger partial charge in [0.05, 0.1) is 5.41 Å². The number of Topliss-reactive ketones (excluding diaryl/α,β-unsaturated/α-hetero) is 2. The fourth-order valence-corrected chi connectivity index (χ4v) is 3.53. The van der Waals surface area contributed by atoms with Crippen LogP contribution in [0.3, 0.4) is 0 Å². The average molecular weight is 349 g/mol. The Bertz CT molecular complexity index is 599. The summed E-state index contributed by atoms with van der Waals surface area (Å²) in [6, 6.07) is 7.44. The first kappa shape index (κ1) is 15.8. The summed E-state index contributed by atoms with van der Waals surface area (Å²) in [4.78, 5) is 36.0. The van der Waals surface area contributed by atoms with Crippen LogP contribution in [-0.2, 0) is 14.4 Å². The van der Waals surface area contributed by atoms with E-state index in [9.17, 15) is 14.4 Å². The van der Waals surface area contributed by atoms with E-state index in [-0.39, 0.29) is 11.6 Å². The van der Waals surface area contributed by atoms with Gasteiger partial charge in [0, 0.05) is 10.4 Å². The molecule has 1 aliphatic carbocycles. The molecule has 0 unspecified atom stereocenters. The molecule has 0 bridgehead atoms. The molecule has 1 atom stereocenters. The van der Waals surface area contributed by atoms with Crippen molar-refractivity contribution in [3.8, 4) is 0 Å². The highest BCUT2D eigenvalue weighted by molar-refractivity contribution is 9.10. The Morgan fingerprint density at radius 3 is 2.24 bits per heavy atom. The molecule has 0 amide bonds. The molecule has 4 heteroatoms. The number of carbonyl (C=O) groups is 3.